The largest absolute Gasteiger partial charge is 0.372 e. The van der Waals surface area contributed by atoms with Gasteiger partial charge in [-0.15, -0.1) is 11.3 Å². The van der Waals surface area contributed by atoms with Crippen LogP contribution in [0.15, 0.2) is 64.5 Å². The highest BCUT2D eigenvalue weighted by Crippen LogP contribution is 2.36. The minimum atomic E-state index is -0.0772. The predicted octanol–water partition coefficient (Wildman–Crippen LogP) is 6.08. The Kier molecular flexibility index (Phi) is 8.54. The predicted molar refractivity (Wildman–Crippen MR) is 160 cm³/mol. The Labute approximate surface area is 237 Å². The van der Waals surface area contributed by atoms with E-state index in [1.165, 1.54) is 28.7 Å². The molecule has 2 aromatic carbocycles. The minimum absolute atomic E-state index is 0.0469. The topological polar surface area (TPSA) is 73.2 Å². The van der Waals surface area contributed by atoms with Gasteiger partial charge in [0, 0.05) is 17.3 Å². The van der Waals surface area contributed by atoms with E-state index in [0.717, 1.165) is 39.4 Å². The molecule has 0 fully saturated rings. The Balaban J connectivity index is 1.40. The summed E-state index contributed by atoms with van der Waals surface area (Å²) < 4.78 is 7.76. The van der Waals surface area contributed by atoms with E-state index in [9.17, 15) is 9.59 Å². The summed E-state index contributed by atoms with van der Waals surface area (Å²) in [7, 11) is 0. The second-order valence-electron chi connectivity index (χ2n) is 10.6. The summed E-state index contributed by atoms with van der Waals surface area (Å²) in [4.78, 5) is 33.7. The number of hydrogen-bond donors (Lipinski definition) is 1. The number of ether oxygens (including phenoxy) is 1. The molecule has 0 spiro atoms. The summed E-state index contributed by atoms with van der Waals surface area (Å²) >= 11 is 2.84. The van der Waals surface area contributed by atoms with Crippen LogP contribution in [0, 0.1) is 12.8 Å². The molecule has 1 aliphatic rings. The highest BCUT2D eigenvalue weighted by Gasteiger charge is 2.29. The van der Waals surface area contributed by atoms with Gasteiger partial charge in [0.05, 0.1) is 29.5 Å². The van der Waals surface area contributed by atoms with Crippen LogP contribution in [0.5, 0.6) is 0 Å². The quantitative estimate of drug-likeness (QED) is 0.198. The highest BCUT2D eigenvalue weighted by molar-refractivity contribution is 7.99. The van der Waals surface area contributed by atoms with Crippen molar-refractivity contribution in [3.63, 3.8) is 0 Å². The van der Waals surface area contributed by atoms with Gasteiger partial charge in [-0.3, -0.25) is 14.2 Å². The van der Waals surface area contributed by atoms with Crippen molar-refractivity contribution in [2.75, 3.05) is 5.75 Å². The Morgan fingerprint density at radius 1 is 1.18 bits per heavy atom. The molecule has 39 heavy (non-hydrogen) atoms. The first-order valence-electron chi connectivity index (χ1n) is 13.5. The molecule has 1 aliphatic heterocycles. The molecule has 0 bridgehead atoms. The first-order valence-corrected chi connectivity index (χ1v) is 15.3. The van der Waals surface area contributed by atoms with Crippen molar-refractivity contribution in [1.82, 2.24) is 14.9 Å². The van der Waals surface area contributed by atoms with E-state index in [1.807, 2.05) is 56.3 Å². The molecule has 0 saturated carbocycles. The summed E-state index contributed by atoms with van der Waals surface area (Å²) in [5.74, 6) is 0.483. The summed E-state index contributed by atoms with van der Waals surface area (Å²) in [5, 5.41) is 4.33. The van der Waals surface area contributed by atoms with Crippen LogP contribution in [0.1, 0.15) is 48.8 Å². The van der Waals surface area contributed by atoms with Crippen molar-refractivity contribution >= 4 is 39.2 Å². The van der Waals surface area contributed by atoms with E-state index < -0.39 is 0 Å². The molecular formula is C31H35N3O3S2. The second kappa shape index (κ2) is 12.1. The van der Waals surface area contributed by atoms with Gasteiger partial charge >= 0.3 is 0 Å². The van der Waals surface area contributed by atoms with Gasteiger partial charge in [-0.2, -0.15) is 0 Å². The van der Waals surface area contributed by atoms with Crippen LogP contribution in [0.2, 0.25) is 0 Å². The molecule has 6 nitrogen and oxygen atoms in total. The molecule has 204 valence electrons. The van der Waals surface area contributed by atoms with Gasteiger partial charge in [0.2, 0.25) is 5.91 Å². The maximum atomic E-state index is 14.1. The first kappa shape index (κ1) is 27.6. The highest BCUT2D eigenvalue weighted by atomic mass is 32.2. The fraction of sp³-hybridized carbons (Fsp3) is 0.387. The van der Waals surface area contributed by atoms with Gasteiger partial charge < -0.3 is 10.1 Å². The van der Waals surface area contributed by atoms with Crippen LogP contribution in [0.3, 0.4) is 0 Å². The lowest BCUT2D eigenvalue weighted by Crippen LogP contribution is -2.34. The Hall–Kier alpha value is -2.94. The number of amides is 1. The van der Waals surface area contributed by atoms with E-state index >= 15 is 0 Å². The van der Waals surface area contributed by atoms with Gasteiger partial charge in [-0.25, -0.2) is 4.98 Å². The van der Waals surface area contributed by atoms with Crippen molar-refractivity contribution in [2.24, 2.45) is 5.92 Å². The number of carbonyl (C=O) groups excluding carboxylic acids is 1. The van der Waals surface area contributed by atoms with Crippen LogP contribution >= 0.6 is 23.1 Å². The number of aromatic nitrogens is 2. The molecule has 1 N–H and O–H groups in total. The smallest absolute Gasteiger partial charge is 0.267 e. The number of rotatable bonds is 9. The lowest BCUT2D eigenvalue weighted by molar-refractivity contribution is -0.119. The van der Waals surface area contributed by atoms with Gasteiger partial charge in [0.1, 0.15) is 4.83 Å². The standard InChI is InChI=1S/C31H35N3O3S2/c1-19(2)25-16-24-26(17-37-25)39-29-28(24)30(36)34(23-12-8-9-20(3)15-23)31(33-29)38-18-27(35)32-21(4)13-14-22-10-6-5-7-11-22/h5-12,15,19,21,25H,13-14,16-18H2,1-4H3,(H,32,35)/t21-,25-/m0/s1. The van der Waals surface area contributed by atoms with Gasteiger partial charge in [0.25, 0.3) is 5.56 Å². The fourth-order valence-corrected chi connectivity index (χ4v) is 6.96. The zero-order valence-corrected chi connectivity index (χ0v) is 24.5. The van der Waals surface area contributed by atoms with E-state index in [4.69, 9.17) is 9.72 Å². The molecule has 8 heteroatoms. The van der Waals surface area contributed by atoms with Crippen LogP contribution in [-0.2, 0) is 29.0 Å². The number of carbonyl (C=O) groups is 1. The average Bonchev–Trinajstić information content (AvgIpc) is 3.29. The number of benzene rings is 2. The van der Waals surface area contributed by atoms with Gasteiger partial charge in [-0.05, 0) is 61.4 Å². The summed E-state index contributed by atoms with van der Waals surface area (Å²) in [6.45, 7) is 8.84. The maximum Gasteiger partial charge on any atom is 0.267 e. The first-order chi connectivity index (χ1) is 18.8. The number of thioether (sulfide) groups is 1. The minimum Gasteiger partial charge on any atom is -0.372 e. The third-order valence-corrected chi connectivity index (χ3v) is 9.20. The summed E-state index contributed by atoms with van der Waals surface area (Å²) in [5.41, 5.74) is 4.07. The second-order valence-corrected chi connectivity index (χ2v) is 12.7. The molecule has 1 amide bonds. The van der Waals surface area contributed by atoms with E-state index in [1.54, 1.807) is 4.57 Å². The van der Waals surface area contributed by atoms with Crippen LogP contribution in [-0.4, -0.2) is 33.4 Å². The number of nitrogens with one attached hydrogen (secondary N) is 1. The lowest BCUT2D eigenvalue weighted by Gasteiger charge is -2.26. The zero-order valence-electron chi connectivity index (χ0n) is 22.9. The Morgan fingerprint density at radius 2 is 1.97 bits per heavy atom. The summed E-state index contributed by atoms with van der Waals surface area (Å²) in [6, 6.07) is 18.2. The van der Waals surface area contributed by atoms with E-state index in [-0.39, 0.29) is 29.4 Å². The van der Waals surface area contributed by atoms with Crippen LogP contribution in [0.25, 0.3) is 15.9 Å². The van der Waals surface area contributed by atoms with Crippen molar-refractivity contribution < 1.29 is 9.53 Å². The normalized spacial score (nSPS) is 15.9. The van der Waals surface area contributed by atoms with Crippen LogP contribution in [0.4, 0.5) is 0 Å². The number of aryl methyl sites for hydroxylation is 2. The molecule has 0 unspecified atom stereocenters. The molecule has 0 saturated heterocycles. The lowest BCUT2D eigenvalue weighted by atomic mass is 9.96. The van der Waals surface area contributed by atoms with Crippen molar-refractivity contribution in [1.29, 1.82) is 0 Å². The molecule has 0 aliphatic carbocycles. The van der Waals surface area contributed by atoms with Crippen molar-refractivity contribution in [2.45, 2.75) is 70.9 Å². The number of hydrogen-bond acceptors (Lipinski definition) is 6. The van der Waals surface area contributed by atoms with E-state index in [2.05, 4.69) is 31.3 Å². The van der Waals surface area contributed by atoms with Crippen molar-refractivity contribution in [3.05, 3.63) is 86.5 Å². The van der Waals surface area contributed by atoms with Gasteiger partial charge in [-0.1, -0.05) is 68.1 Å². The Bertz CT molecular complexity index is 1530. The molecular weight excluding hydrogens is 526 g/mol. The monoisotopic (exact) mass is 561 g/mol. The number of fused-ring (bicyclic) bond motifs is 3. The fourth-order valence-electron chi connectivity index (χ4n) is 4.97. The Morgan fingerprint density at radius 3 is 2.72 bits per heavy atom. The van der Waals surface area contributed by atoms with Crippen molar-refractivity contribution in [3.8, 4) is 5.69 Å². The number of nitrogens with zero attached hydrogens (tertiary/aromatic N) is 2. The molecule has 3 heterocycles. The molecule has 4 aromatic rings. The van der Waals surface area contributed by atoms with E-state index in [0.29, 0.717) is 29.5 Å². The molecule has 5 rings (SSSR count). The zero-order chi connectivity index (χ0) is 27.5. The molecule has 2 atom stereocenters. The third kappa shape index (κ3) is 6.29. The third-order valence-electron chi connectivity index (χ3n) is 7.16. The summed E-state index contributed by atoms with van der Waals surface area (Å²) in [6.07, 6.45) is 2.57. The molecule has 2 aromatic heterocycles. The molecule has 0 radical (unpaired) electrons. The SMILES string of the molecule is Cc1cccc(-n2c(SCC(=O)N[C@@H](C)CCc3ccccc3)nc3sc4c(c3c2=O)C[C@@H](C(C)C)OC4)c1. The average molecular weight is 562 g/mol. The number of thiophene rings is 1. The van der Waals surface area contributed by atoms with Crippen LogP contribution < -0.4 is 10.9 Å². The maximum absolute atomic E-state index is 14.1. The van der Waals surface area contributed by atoms with Gasteiger partial charge in [0.15, 0.2) is 5.16 Å².